The maximum atomic E-state index is 12.8. The summed E-state index contributed by atoms with van der Waals surface area (Å²) in [6.07, 6.45) is 68.5. The van der Waals surface area contributed by atoms with Crippen LogP contribution in [0.3, 0.4) is 0 Å². The minimum atomic E-state index is -0.801. The highest BCUT2D eigenvalue weighted by atomic mass is 16.6. The second-order valence-electron chi connectivity index (χ2n) is 17.7. The van der Waals surface area contributed by atoms with Crippen LogP contribution in [0, 0.1) is 0 Å². The molecule has 0 fully saturated rings. The molecule has 0 N–H and O–H groups in total. The fraction of sp³-hybridized carbons (Fsp3) is 0.712. The third-order valence-corrected chi connectivity index (χ3v) is 11.4. The van der Waals surface area contributed by atoms with Crippen molar-refractivity contribution in [2.24, 2.45) is 0 Å². The first kappa shape index (κ1) is 61.6. The molecular formula is C59H100O6. The standard InChI is InChI=1S/C59H100O6/c1-4-7-10-13-16-19-22-25-28-29-32-35-38-41-44-47-50-53-59(62)65-56(54-63-57(60)51-48-45-42-39-36-33-30-26-23-20-17-14-11-8-5-2)55-64-58(61)52-49-46-43-40-37-34-31-27-24-21-18-15-12-9-6-3/h8,11,16-17,19-20,25-28,30-31,36,39,56H,4-7,9-10,12-15,18,21-24,29,32-35,37-38,40-55H2,1-3H3/b11-8-,19-16-,20-17-,28-25-,30-26-,31-27-,39-36-/t56-/m1/s1. The molecule has 372 valence electrons. The summed E-state index contributed by atoms with van der Waals surface area (Å²) in [6.45, 7) is 6.45. The largest absolute Gasteiger partial charge is 0.462 e. The van der Waals surface area contributed by atoms with Crippen LogP contribution in [0.4, 0.5) is 0 Å². The molecule has 0 aromatic carbocycles. The van der Waals surface area contributed by atoms with Crippen molar-refractivity contribution >= 4 is 17.9 Å². The first-order valence-electron chi connectivity index (χ1n) is 27.1. The maximum absolute atomic E-state index is 12.8. The Morgan fingerprint density at radius 1 is 0.323 bits per heavy atom. The summed E-state index contributed by atoms with van der Waals surface area (Å²) in [5.74, 6) is -0.954. The van der Waals surface area contributed by atoms with Gasteiger partial charge in [-0.25, -0.2) is 0 Å². The summed E-state index contributed by atoms with van der Waals surface area (Å²) in [4.78, 5) is 38.1. The lowest BCUT2D eigenvalue weighted by Crippen LogP contribution is -2.30. The van der Waals surface area contributed by atoms with Gasteiger partial charge in [0.15, 0.2) is 6.10 Å². The van der Waals surface area contributed by atoms with Gasteiger partial charge in [0.05, 0.1) is 0 Å². The smallest absolute Gasteiger partial charge is 0.306 e. The van der Waals surface area contributed by atoms with E-state index in [0.29, 0.717) is 19.3 Å². The molecule has 0 spiro atoms. The van der Waals surface area contributed by atoms with Crippen LogP contribution in [0.15, 0.2) is 85.1 Å². The SMILES string of the molecule is CC/C=C\C/C=C\C/C=C\C/C=C\CCCCC(=O)OC[C@H](COC(=O)CCCCCCC/C=C\CCCCCCCC)OC(=O)CCCCCCCCC/C=C\C/C=C\CCCCC. The zero-order valence-corrected chi connectivity index (χ0v) is 42.5. The molecule has 0 aromatic rings. The van der Waals surface area contributed by atoms with E-state index in [-0.39, 0.29) is 31.1 Å². The van der Waals surface area contributed by atoms with E-state index in [1.807, 2.05) is 0 Å². The number of allylic oxidation sites excluding steroid dienone is 14. The van der Waals surface area contributed by atoms with Crippen molar-refractivity contribution in [3.8, 4) is 0 Å². The highest BCUT2D eigenvalue weighted by Crippen LogP contribution is 2.14. The van der Waals surface area contributed by atoms with Gasteiger partial charge in [0.2, 0.25) is 0 Å². The lowest BCUT2D eigenvalue weighted by molar-refractivity contribution is -0.167. The Bertz CT molecular complexity index is 1270. The van der Waals surface area contributed by atoms with Crippen LogP contribution in [0.25, 0.3) is 0 Å². The molecule has 0 radical (unpaired) electrons. The Balaban J connectivity index is 4.48. The van der Waals surface area contributed by atoms with E-state index in [1.165, 1.54) is 109 Å². The van der Waals surface area contributed by atoms with Gasteiger partial charge in [-0.2, -0.15) is 0 Å². The summed E-state index contributed by atoms with van der Waals surface area (Å²) >= 11 is 0. The Morgan fingerprint density at radius 2 is 0.600 bits per heavy atom. The van der Waals surface area contributed by atoms with Crippen molar-refractivity contribution in [1.82, 2.24) is 0 Å². The number of unbranched alkanes of at least 4 members (excludes halogenated alkanes) is 23. The second-order valence-corrected chi connectivity index (χ2v) is 17.7. The predicted molar refractivity (Wildman–Crippen MR) is 279 cm³/mol. The van der Waals surface area contributed by atoms with Crippen LogP contribution < -0.4 is 0 Å². The molecule has 65 heavy (non-hydrogen) atoms. The van der Waals surface area contributed by atoms with Gasteiger partial charge in [0.25, 0.3) is 0 Å². The van der Waals surface area contributed by atoms with E-state index in [9.17, 15) is 14.4 Å². The van der Waals surface area contributed by atoms with Crippen molar-refractivity contribution in [2.45, 2.75) is 258 Å². The summed E-state index contributed by atoms with van der Waals surface area (Å²) in [5.41, 5.74) is 0. The van der Waals surface area contributed by atoms with Gasteiger partial charge in [-0.3, -0.25) is 14.4 Å². The Kier molecular flexibility index (Phi) is 50.4. The summed E-state index contributed by atoms with van der Waals surface area (Å²) < 4.78 is 16.8. The van der Waals surface area contributed by atoms with Crippen molar-refractivity contribution < 1.29 is 28.6 Å². The van der Waals surface area contributed by atoms with Crippen molar-refractivity contribution in [3.63, 3.8) is 0 Å². The molecule has 0 heterocycles. The molecule has 0 saturated carbocycles. The van der Waals surface area contributed by atoms with Gasteiger partial charge < -0.3 is 14.2 Å². The highest BCUT2D eigenvalue weighted by Gasteiger charge is 2.19. The van der Waals surface area contributed by atoms with Gasteiger partial charge in [-0.1, -0.05) is 202 Å². The minimum absolute atomic E-state index is 0.0975. The first-order valence-corrected chi connectivity index (χ1v) is 27.1. The number of esters is 3. The molecular weight excluding hydrogens is 805 g/mol. The van der Waals surface area contributed by atoms with Gasteiger partial charge >= 0.3 is 17.9 Å². The molecule has 0 saturated heterocycles. The van der Waals surface area contributed by atoms with Crippen LogP contribution in [0.5, 0.6) is 0 Å². The van der Waals surface area contributed by atoms with Gasteiger partial charge in [-0.15, -0.1) is 0 Å². The minimum Gasteiger partial charge on any atom is -0.462 e. The lowest BCUT2D eigenvalue weighted by Gasteiger charge is -2.18. The van der Waals surface area contributed by atoms with E-state index >= 15 is 0 Å². The number of hydrogen-bond acceptors (Lipinski definition) is 6. The second kappa shape index (κ2) is 53.2. The first-order chi connectivity index (χ1) is 32.0. The van der Waals surface area contributed by atoms with Crippen LogP contribution >= 0.6 is 0 Å². The Morgan fingerprint density at radius 3 is 1.02 bits per heavy atom. The van der Waals surface area contributed by atoms with E-state index < -0.39 is 6.10 Å². The topological polar surface area (TPSA) is 78.9 Å². The van der Waals surface area contributed by atoms with Crippen molar-refractivity contribution in [3.05, 3.63) is 85.1 Å². The zero-order chi connectivity index (χ0) is 47.2. The normalized spacial score (nSPS) is 12.7. The fourth-order valence-corrected chi connectivity index (χ4v) is 7.28. The van der Waals surface area contributed by atoms with E-state index in [4.69, 9.17) is 14.2 Å². The molecule has 6 heteroatoms. The number of ether oxygens (including phenoxy) is 3. The summed E-state index contributed by atoms with van der Waals surface area (Å²) in [6, 6.07) is 0. The molecule has 0 rings (SSSR count). The van der Waals surface area contributed by atoms with Gasteiger partial charge in [0, 0.05) is 19.3 Å². The van der Waals surface area contributed by atoms with Crippen molar-refractivity contribution in [1.29, 1.82) is 0 Å². The number of rotatable bonds is 48. The molecule has 0 bridgehead atoms. The maximum Gasteiger partial charge on any atom is 0.306 e. The molecule has 6 nitrogen and oxygen atoms in total. The van der Waals surface area contributed by atoms with Gasteiger partial charge in [0.1, 0.15) is 13.2 Å². The predicted octanol–water partition coefficient (Wildman–Crippen LogP) is 18.0. The monoisotopic (exact) mass is 905 g/mol. The van der Waals surface area contributed by atoms with Crippen LogP contribution in [0.2, 0.25) is 0 Å². The third-order valence-electron chi connectivity index (χ3n) is 11.4. The molecule has 0 aliphatic rings. The van der Waals surface area contributed by atoms with Crippen LogP contribution in [-0.2, 0) is 28.6 Å². The zero-order valence-electron chi connectivity index (χ0n) is 42.5. The molecule has 0 aliphatic carbocycles. The van der Waals surface area contributed by atoms with E-state index in [0.717, 1.165) is 103 Å². The average Bonchev–Trinajstić information content (AvgIpc) is 3.30. The molecule has 1 atom stereocenters. The van der Waals surface area contributed by atoms with Crippen LogP contribution in [-0.4, -0.2) is 37.2 Å². The van der Waals surface area contributed by atoms with Gasteiger partial charge in [-0.05, 0) is 116 Å². The quantitative estimate of drug-likeness (QED) is 0.0262. The van der Waals surface area contributed by atoms with E-state index in [1.54, 1.807) is 0 Å². The lowest BCUT2D eigenvalue weighted by atomic mass is 10.1. The van der Waals surface area contributed by atoms with Crippen LogP contribution in [0.1, 0.15) is 252 Å². The number of carbonyl (C=O) groups excluding carboxylic acids is 3. The Hall–Kier alpha value is -3.41. The molecule has 0 aromatic heterocycles. The summed E-state index contributed by atoms with van der Waals surface area (Å²) in [5, 5.41) is 0. The molecule has 0 aliphatic heterocycles. The number of carbonyl (C=O) groups is 3. The summed E-state index contributed by atoms with van der Waals surface area (Å²) in [7, 11) is 0. The fourth-order valence-electron chi connectivity index (χ4n) is 7.28. The van der Waals surface area contributed by atoms with E-state index in [2.05, 4.69) is 106 Å². The molecule has 0 amide bonds. The van der Waals surface area contributed by atoms with Crippen molar-refractivity contribution in [2.75, 3.05) is 13.2 Å². The number of hydrogen-bond donors (Lipinski definition) is 0. The average molecular weight is 905 g/mol. The Labute approximate surface area is 401 Å². The third kappa shape index (κ3) is 51.4. The molecule has 0 unspecified atom stereocenters. The highest BCUT2D eigenvalue weighted by molar-refractivity contribution is 5.71.